The zero-order valence-electron chi connectivity index (χ0n) is 10.6. The molecular formula is C12H22N2OS. The van der Waals surface area contributed by atoms with Crippen molar-refractivity contribution in [2.24, 2.45) is 5.41 Å². The zero-order chi connectivity index (χ0) is 12.2. The highest BCUT2D eigenvalue weighted by Gasteiger charge is 2.16. The van der Waals surface area contributed by atoms with Crippen molar-refractivity contribution < 1.29 is 5.11 Å². The van der Waals surface area contributed by atoms with Gasteiger partial charge in [0.15, 0.2) is 0 Å². The van der Waals surface area contributed by atoms with Gasteiger partial charge in [0.1, 0.15) is 5.01 Å². The molecule has 0 radical (unpaired) electrons. The van der Waals surface area contributed by atoms with Crippen LogP contribution in [0.3, 0.4) is 0 Å². The van der Waals surface area contributed by atoms with Crippen molar-refractivity contribution in [1.82, 2.24) is 10.3 Å². The number of aliphatic hydroxyl groups excluding tert-OH is 1. The van der Waals surface area contributed by atoms with E-state index in [0.29, 0.717) is 0 Å². The molecule has 0 aliphatic rings. The maximum Gasteiger partial charge on any atom is 0.107 e. The molecule has 0 amide bonds. The highest BCUT2D eigenvalue weighted by Crippen LogP contribution is 2.19. The minimum absolute atomic E-state index is 0.149. The van der Waals surface area contributed by atoms with Crippen LogP contribution in [0.15, 0.2) is 0 Å². The number of thiazole rings is 1. The zero-order valence-corrected chi connectivity index (χ0v) is 11.4. The highest BCUT2D eigenvalue weighted by molar-refractivity contribution is 7.11. The van der Waals surface area contributed by atoms with Crippen molar-refractivity contribution >= 4 is 11.3 Å². The van der Waals surface area contributed by atoms with Crippen LogP contribution in [0.4, 0.5) is 0 Å². The molecule has 1 rings (SSSR count). The Balaban J connectivity index is 2.35. The first-order valence-corrected chi connectivity index (χ1v) is 6.51. The van der Waals surface area contributed by atoms with Crippen molar-refractivity contribution in [3.8, 4) is 0 Å². The maximum absolute atomic E-state index is 8.92. The topological polar surface area (TPSA) is 45.2 Å². The third kappa shape index (κ3) is 4.20. The van der Waals surface area contributed by atoms with Crippen LogP contribution in [-0.4, -0.2) is 23.2 Å². The molecular weight excluding hydrogens is 220 g/mol. The van der Waals surface area contributed by atoms with Gasteiger partial charge in [-0.2, -0.15) is 0 Å². The summed E-state index contributed by atoms with van der Waals surface area (Å²) >= 11 is 1.76. The average Bonchev–Trinajstić information content (AvgIpc) is 2.45. The molecule has 0 spiro atoms. The summed E-state index contributed by atoms with van der Waals surface area (Å²) in [6.45, 7) is 10.5. The Bertz CT molecular complexity index is 314. The van der Waals surface area contributed by atoms with Gasteiger partial charge >= 0.3 is 0 Å². The summed E-state index contributed by atoms with van der Waals surface area (Å²) in [6.07, 6.45) is 0.829. The summed E-state index contributed by atoms with van der Waals surface area (Å²) < 4.78 is 0. The van der Waals surface area contributed by atoms with E-state index < -0.39 is 0 Å². The van der Waals surface area contributed by atoms with Crippen molar-refractivity contribution in [3.63, 3.8) is 0 Å². The number of hydrogen-bond donors (Lipinski definition) is 2. The lowest BCUT2D eigenvalue weighted by Gasteiger charge is -2.23. The van der Waals surface area contributed by atoms with Crippen LogP contribution in [0.5, 0.6) is 0 Å². The summed E-state index contributed by atoms with van der Waals surface area (Å²) in [5, 5.41) is 13.5. The lowest BCUT2D eigenvalue weighted by molar-refractivity contribution is 0.207. The molecule has 0 atom stereocenters. The number of aromatic nitrogens is 1. The van der Waals surface area contributed by atoms with Crippen molar-refractivity contribution in [2.45, 2.75) is 40.7 Å². The average molecular weight is 242 g/mol. The molecule has 0 aromatic carbocycles. The van der Waals surface area contributed by atoms with Gasteiger partial charge in [-0.3, -0.25) is 0 Å². The second-order valence-electron chi connectivity index (χ2n) is 4.99. The Kier molecular flexibility index (Phi) is 4.89. The van der Waals surface area contributed by atoms with Gasteiger partial charge in [0.25, 0.3) is 0 Å². The molecule has 2 N–H and O–H groups in total. The minimum atomic E-state index is 0.149. The van der Waals surface area contributed by atoms with Crippen LogP contribution >= 0.6 is 11.3 Å². The Morgan fingerprint density at radius 3 is 2.56 bits per heavy atom. The molecule has 0 unspecified atom stereocenters. The monoisotopic (exact) mass is 242 g/mol. The van der Waals surface area contributed by atoms with E-state index in [9.17, 15) is 0 Å². The number of aliphatic hydroxyl groups is 1. The summed E-state index contributed by atoms with van der Waals surface area (Å²) in [7, 11) is 0. The van der Waals surface area contributed by atoms with Crippen LogP contribution < -0.4 is 5.32 Å². The Labute approximate surface area is 102 Å². The molecule has 92 valence electrons. The molecule has 0 saturated heterocycles. The summed E-state index contributed by atoms with van der Waals surface area (Å²) in [5.74, 6) is 0. The summed E-state index contributed by atoms with van der Waals surface area (Å²) in [4.78, 5) is 5.78. The Morgan fingerprint density at radius 1 is 1.38 bits per heavy atom. The van der Waals surface area contributed by atoms with Crippen LogP contribution in [0.1, 0.15) is 35.8 Å². The molecule has 1 aromatic rings. The van der Waals surface area contributed by atoms with Crippen LogP contribution in [-0.2, 0) is 6.54 Å². The van der Waals surface area contributed by atoms with Crippen LogP contribution in [0.2, 0.25) is 0 Å². The van der Waals surface area contributed by atoms with Gasteiger partial charge in [-0.15, -0.1) is 11.3 Å². The standard InChI is InChI=1S/C12H22N2OS/c1-9-10(2)16-11(14-9)7-13-8-12(3,4)5-6-15/h13,15H,5-8H2,1-4H3. The van der Waals surface area contributed by atoms with Gasteiger partial charge in [-0.1, -0.05) is 13.8 Å². The van der Waals surface area contributed by atoms with Gasteiger partial charge in [-0.05, 0) is 25.7 Å². The first-order valence-electron chi connectivity index (χ1n) is 5.69. The van der Waals surface area contributed by atoms with Crippen LogP contribution in [0, 0.1) is 19.3 Å². The normalized spacial score (nSPS) is 12.1. The molecule has 0 saturated carbocycles. The fourth-order valence-electron chi connectivity index (χ4n) is 1.51. The number of aryl methyl sites for hydroxylation is 2. The van der Waals surface area contributed by atoms with Gasteiger partial charge in [0, 0.05) is 24.6 Å². The van der Waals surface area contributed by atoms with Gasteiger partial charge in [0.05, 0.1) is 5.69 Å². The molecule has 0 aliphatic carbocycles. The quantitative estimate of drug-likeness (QED) is 0.804. The third-order valence-electron chi connectivity index (χ3n) is 2.74. The fraction of sp³-hybridized carbons (Fsp3) is 0.750. The lowest BCUT2D eigenvalue weighted by atomic mass is 9.90. The predicted molar refractivity (Wildman–Crippen MR) is 68.8 cm³/mol. The van der Waals surface area contributed by atoms with E-state index >= 15 is 0 Å². The highest BCUT2D eigenvalue weighted by atomic mass is 32.1. The largest absolute Gasteiger partial charge is 0.396 e. The summed E-state index contributed by atoms with van der Waals surface area (Å²) in [6, 6.07) is 0. The second kappa shape index (κ2) is 5.75. The van der Waals surface area contributed by atoms with E-state index in [4.69, 9.17) is 5.11 Å². The number of nitrogens with zero attached hydrogens (tertiary/aromatic N) is 1. The summed E-state index contributed by atoms with van der Waals surface area (Å²) in [5.41, 5.74) is 1.28. The molecule has 16 heavy (non-hydrogen) atoms. The van der Waals surface area contributed by atoms with Crippen molar-refractivity contribution in [3.05, 3.63) is 15.6 Å². The molecule has 1 aromatic heterocycles. The first-order chi connectivity index (χ1) is 7.44. The molecule has 0 fully saturated rings. The Hall–Kier alpha value is -0.450. The molecule has 4 heteroatoms. The lowest BCUT2D eigenvalue weighted by Crippen LogP contribution is -2.29. The predicted octanol–water partition coefficient (Wildman–Crippen LogP) is 2.26. The maximum atomic E-state index is 8.92. The van der Waals surface area contributed by atoms with E-state index in [1.165, 1.54) is 4.88 Å². The number of rotatable bonds is 6. The minimum Gasteiger partial charge on any atom is -0.396 e. The smallest absolute Gasteiger partial charge is 0.107 e. The molecule has 1 heterocycles. The van der Waals surface area contributed by atoms with Gasteiger partial charge in [-0.25, -0.2) is 4.98 Å². The van der Waals surface area contributed by atoms with E-state index in [0.717, 1.165) is 30.2 Å². The Morgan fingerprint density at radius 2 is 2.06 bits per heavy atom. The van der Waals surface area contributed by atoms with Crippen molar-refractivity contribution in [1.29, 1.82) is 0 Å². The number of hydrogen-bond acceptors (Lipinski definition) is 4. The first kappa shape index (κ1) is 13.6. The fourth-order valence-corrected chi connectivity index (χ4v) is 2.42. The van der Waals surface area contributed by atoms with E-state index in [-0.39, 0.29) is 12.0 Å². The molecule has 3 nitrogen and oxygen atoms in total. The third-order valence-corrected chi connectivity index (χ3v) is 3.81. The van der Waals surface area contributed by atoms with Crippen molar-refractivity contribution in [2.75, 3.05) is 13.2 Å². The van der Waals surface area contributed by atoms with E-state index in [2.05, 4.69) is 31.1 Å². The number of nitrogens with one attached hydrogen (secondary N) is 1. The molecule has 0 aliphatic heterocycles. The second-order valence-corrected chi connectivity index (χ2v) is 6.28. The van der Waals surface area contributed by atoms with Gasteiger partial charge in [0.2, 0.25) is 0 Å². The van der Waals surface area contributed by atoms with E-state index in [1.54, 1.807) is 11.3 Å². The molecule has 0 bridgehead atoms. The van der Waals surface area contributed by atoms with E-state index in [1.807, 2.05) is 6.92 Å². The SMILES string of the molecule is Cc1nc(CNCC(C)(C)CCO)sc1C. The van der Waals surface area contributed by atoms with Gasteiger partial charge < -0.3 is 10.4 Å². The van der Waals surface area contributed by atoms with Crippen LogP contribution in [0.25, 0.3) is 0 Å².